The first kappa shape index (κ1) is 30.0. The highest BCUT2D eigenvalue weighted by Gasteiger charge is 2.23. The number of para-hydroxylation sites is 1. The largest absolute Gasteiger partial charge is 0.494 e. The molecule has 12 heteroatoms. The number of ether oxygens (including phenoxy) is 1. The number of aliphatic hydroxyl groups excluding tert-OH is 1. The molecule has 0 aliphatic rings. The van der Waals surface area contributed by atoms with Crippen molar-refractivity contribution >= 4 is 42.6 Å². The first-order valence-corrected chi connectivity index (χ1v) is 16.2. The van der Waals surface area contributed by atoms with Crippen LogP contribution in [-0.4, -0.2) is 45.8 Å². The van der Waals surface area contributed by atoms with Gasteiger partial charge in [0.2, 0.25) is 20.0 Å². The average Bonchev–Trinajstić information content (AvgIpc) is 3.28. The van der Waals surface area contributed by atoms with E-state index in [9.17, 15) is 21.9 Å². The maximum Gasteiger partial charge on any atom is 0.240 e. The molecular formula is C28H32ClN3O6S2. The van der Waals surface area contributed by atoms with E-state index in [4.69, 9.17) is 16.3 Å². The lowest BCUT2D eigenvalue weighted by atomic mass is 10.0. The van der Waals surface area contributed by atoms with Gasteiger partial charge in [0.25, 0.3) is 0 Å². The number of hydrogen-bond donors (Lipinski definition) is 4. The van der Waals surface area contributed by atoms with Crippen LogP contribution in [-0.2, 0) is 26.5 Å². The Bertz CT molecular complexity index is 1670. The maximum absolute atomic E-state index is 12.7. The van der Waals surface area contributed by atoms with Gasteiger partial charge in [-0.25, -0.2) is 21.6 Å². The van der Waals surface area contributed by atoms with Gasteiger partial charge in [0.05, 0.1) is 22.9 Å². The molecule has 4 rings (SSSR count). The molecule has 3 aromatic carbocycles. The van der Waals surface area contributed by atoms with Crippen molar-refractivity contribution in [1.82, 2.24) is 14.4 Å². The first-order chi connectivity index (χ1) is 19.0. The molecule has 9 nitrogen and oxygen atoms in total. The van der Waals surface area contributed by atoms with Gasteiger partial charge in [0, 0.05) is 22.5 Å². The molecule has 4 aromatic rings. The highest BCUT2D eigenvalue weighted by atomic mass is 35.5. The Morgan fingerprint density at radius 3 is 2.33 bits per heavy atom. The Morgan fingerprint density at radius 1 is 0.975 bits per heavy atom. The topological polar surface area (TPSA) is 138 Å². The number of aryl methyl sites for hydroxylation is 3. The molecule has 0 bridgehead atoms. The first-order valence-electron chi connectivity index (χ1n) is 12.7. The second kappa shape index (κ2) is 12.7. The number of fused-ring (bicyclic) bond motifs is 1. The van der Waals surface area contributed by atoms with Crippen molar-refractivity contribution in [1.29, 1.82) is 0 Å². The summed E-state index contributed by atoms with van der Waals surface area (Å²) < 4.78 is 60.6. The lowest BCUT2D eigenvalue weighted by molar-refractivity contribution is 0.161. The summed E-state index contributed by atoms with van der Waals surface area (Å²) in [5.74, 6) is 0.161. The van der Waals surface area contributed by atoms with Crippen molar-refractivity contribution < 1.29 is 26.7 Å². The fraction of sp³-hybridized carbons (Fsp3) is 0.286. The van der Waals surface area contributed by atoms with Crippen molar-refractivity contribution in [2.45, 2.75) is 37.8 Å². The second-order valence-electron chi connectivity index (χ2n) is 9.44. The van der Waals surface area contributed by atoms with Gasteiger partial charge in [0.1, 0.15) is 5.75 Å². The van der Waals surface area contributed by atoms with Gasteiger partial charge in [-0.15, -0.1) is 0 Å². The van der Waals surface area contributed by atoms with E-state index in [1.807, 2.05) is 50.2 Å². The van der Waals surface area contributed by atoms with Crippen LogP contribution < -0.4 is 14.2 Å². The van der Waals surface area contributed by atoms with Gasteiger partial charge in [-0.1, -0.05) is 48.0 Å². The van der Waals surface area contributed by atoms with Gasteiger partial charge < -0.3 is 14.8 Å². The van der Waals surface area contributed by atoms with Gasteiger partial charge in [-0.05, 0) is 73.7 Å². The Hall–Kier alpha value is -2.93. The summed E-state index contributed by atoms with van der Waals surface area (Å²) in [6, 6.07) is 18.9. The van der Waals surface area contributed by atoms with E-state index in [-0.39, 0.29) is 11.4 Å². The Kier molecular flexibility index (Phi) is 9.55. The summed E-state index contributed by atoms with van der Waals surface area (Å²) in [5.41, 5.74) is 3.71. The van der Waals surface area contributed by atoms with Gasteiger partial charge in [0.15, 0.2) is 6.23 Å². The van der Waals surface area contributed by atoms with Crippen molar-refractivity contribution in [2.24, 2.45) is 0 Å². The molecule has 4 N–H and O–H groups in total. The van der Waals surface area contributed by atoms with E-state index >= 15 is 0 Å². The number of benzene rings is 3. The summed E-state index contributed by atoms with van der Waals surface area (Å²) in [4.78, 5) is 3.16. The summed E-state index contributed by atoms with van der Waals surface area (Å²) in [5, 5.41) is 12.5. The van der Waals surface area contributed by atoms with E-state index in [0.717, 1.165) is 27.6 Å². The van der Waals surface area contributed by atoms with E-state index < -0.39 is 32.0 Å². The molecule has 1 heterocycles. The van der Waals surface area contributed by atoms with Crippen LogP contribution >= 0.6 is 11.6 Å². The van der Waals surface area contributed by atoms with Crippen LogP contribution in [0.3, 0.4) is 0 Å². The van der Waals surface area contributed by atoms with Crippen molar-refractivity contribution in [3.63, 3.8) is 0 Å². The number of aliphatic hydroxyl groups is 1. The third-order valence-corrected chi connectivity index (χ3v) is 9.77. The van der Waals surface area contributed by atoms with Gasteiger partial charge in [-0.2, -0.15) is 4.72 Å². The smallest absolute Gasteiger partial charge is 0.240 e. The molecule has 0 saturated carbocycles. The van der Waals surface area contributed by atoms with Crippen LogP contribution in [0.5, 0.6) is 5.75 Å². The summed E-state index contributed by atoms with van der Waals surface area (Å²) in [6.45, 7) is 3.88. The average molecular weight is 606 g/mol. The summed E-state index contributed by atoms with van der Waals surface area (Å²) in [7, 11) is -7.90. The third-order valence-electron chi connectivity index (χ3n) is 6.38. The molecular weight excluding hydrogens is 574 g/mol. The monoisotopic (exact) mass is 605 g/mol. The summed E-state index contributed by atoms with van der Waals surface area (Å²) in [6.07, 6.45) is -0.433. The highest BCUT2D eigenvalue weighted by Crippen LogP contribution is 2.29. The molecule has 0 aliphatic carbocycles. The third kappa shape index (κ3) is 7.42. The zero-order chi connectivity index (χ0) is 28.9. The number of nitrogens with one attached hydrogen (secondary N) is 3. The zero-order valence-electron chi connectivity index (χ0n) is 22.1. The molecule has 0 aliphatic heterocycles. The molecule has 0 saturated heterocycles. The Morgan fingerprint density at radius 2 is 1.62 bits per heavy atom. The van der Waals surface area contributed by atoms with Crippen LogP contribution in [0.4, 0.5) is 0 Å². The Labute approximate surface area is 239 Å². The van der Waals surface area contributed by atoms with Crippen LogP contribution in [0, 0.1) is 13.8 Å². The molecule has 40 heavy (non-hydrogen) atoms. The minimum absolute atomic E-state index is 0.0356. The molecule has 0 fully saturated rings. The van der Waals surface area contributed by atoms with Crippen LogP contribution in [0.2, 0.25) is 5.02 Å². The highest BCUT2D eigenvalue weighted by molar-refractivity contribution is 7.90. The predicted molar refractivity (Wildman–Crippen MR) is 157 cm³/mol. The van der Waals surface area contributed by atoms with Gasteiger partial charge >= 0.3 is 0 Å². The molecule has 214 valence electrons. The molecule has 0 amide bonds. The lowest BCUT2D eigenvalue weighted by Crippen LogP contribution is -2.36. The predicted octanol–water partition coefficient (Wildman–Crippen LogP) is 4.34. The number of H-pyrrole nitrogens is 1. The molecule has 1 atom stereocenters. The van der Waals surface area contributed by atoms with Crippen molar-refractivity contribution in [3.8, 4) is 5.75 Å². The van der Waals surface area contributed by atoms with Gasteiger partial charge in [-0.3, -0.25) is 0 Å². The summed E-state index contributed by atoms with van der Waals surface area (Å²) >= 11 is 6.24. The standard InChI is InChI=1S/C28H32ClN3O6S2/c1-19-17-21(18-20(2)26(19)29)38-15-8-12-24-23-11-6-7-13-25(23)31-27(24)28(33)32-39(34,35)16-14-30-40(36,37)22-9-4-3-5-10-22/h3-7,9-11,13,17-18,28,30-33H,8,12,14-16H2,1-2H3. The number of rotatable bonds is 13. The van der Waals surface area contributed by atoms with E-state index in [2.05, 4.69) is 14.4 Å². The Balaban J connectivity index is 1.40. The maximum atomic E-state index is 12.7. The second-order valence-corrected chi connectivity index (χ2v) is 13.5. The normalized spacial score (nSPS) is 13.0. The molecule has 1 unspecified atom stereocenters. The number of halogens is 1. The van der Waals surface area contributed by atoms with E-state index in [1.54, 1.807) is 18.2 Å². The fourth-order valence-corrected chi connectivity index (χ4v) is 6.67. The molecule has 0 radical (unpaired) electrons. The van der Waals surface area contributed by atoms with Crippen LogP contribution in [0.25, 0.3) is 10.9 Å². The number of sulfonamides is 2. The number of aromatic amines is 1. The van der Waals surface area contributed by atoms with Crippen molar-refractivity contribution in [2.75, 3.05) is 18.9 Å². The van der Waals surface area contributed by atoms with Crippen LogP contribution in [0.15, 0.2) is 71.6 Å². The number of aromatic nitrogens is 1. The zero-order valence-corrected chi connectivity index (χ0v) is 24.5. The lowest BCUT2D eigenvalue weighted by Gasteiger charge is -2.15. The van der Waals surface area contributed by atoms with E-state index in [0.29, 0.717) is 35.9 Å². The minimum Gasteiger partial charge on any atom is -0.494 e. The van der Waals surface area contributed by atoms with Crippen LogP contribution in [0.1, 0.15) is 35.0 Å². The van der Waals surface area contributed by atoms with Crippen molar-refractivity contribution in [3.05, 3.63) is 94.1 Å². The SMILES string of the molecule is Cc1cc(OCCCc2c(C(O)NS(=O)(=O)CCNS(=O)(=O)c3ccccc3)[nH]c3ccccc23)cc(C)c1Cl. The van der Waals surface area contributed by atoms with E-state index in [1.165, 1.54) is 12.1 Å². The molecule has 1 aromatic heterocycles. The number of hydrogen-bond acceptors (Lipinski definition) is 6. The fourth-order valence-electron chi connectivity index (χ4n) is 4.43. The molecule has 0 spiro atoms. The quantitative estimate of drug-likeness (QED) is 0.132. The minimum atomic E-state index is -4.04.